The first-order valence-corrected chi connectivity index (χ1v) is 3.66. The quantitative estimate of drug-likeness (QED) is 0.562. The fourth-order valence-corrected chi connectivity index (χ4v) is 0.647. The van der Waals surface area contributed by atoms with Crippen molar-refractivity contribution in [3.63, 3.8) is 0 Å². The zero-order chi connectivity index (χ0) is 8.91. The third-order valence-corrected chi connectivity index (χ3v) is 1.22. The van der Waals surface area contributed by atoms with E-state index < -0.39 is 6.18 Å². The van der Waals surface area contributed by atoms with Gasteiger partial charge in [-0.1, -0.05) is 19.9 Å². The van der Waals surface area contributed by atoms with Crippen LogP contribution in [-0.2, 0) is 0 Å². The molecule has 0 radical (unpaired) electrons. The van der Waals surface area contributed by atoms with E-state index in [1.165, 1.54) is 6.08 Å². The highest BCUT2D eigenvalue weighted by Crippen LogP contribution is 2.16. The third-order valence-electron chi connectivity index (χ3n) is 1.22. The van der Waals surface area contributed by atoms with Gasteiger partial charge >= 0.3 is 6.18 Å². The van der Waals surface area contributed by atoms with E-state index in [0.29, 0.717) is 18.4 Å². The van der Waals surface area contributed by atoms with Crippen LogP contribution in [0, 0.1) is 5.92 Å². The molecule has 0 atom stereocenters. The highest BCUT2D eigenvalue weighted by molar-refractivity contribution is 4.88. The number of allylic oxidation sites excluding steroid dienone is 2. The Labute approximate surface area is 65.1 Å². The monoisotopic (exact) mass is 166 g/mol. The number of hydrogen-bond donors (Lipinski definition) is 0. The van der Waals surface area contributed by atoms with Gasteiger partial charge in [-0.25, -0.2) is 0 Å². The molecule has 3 heteroatoms. The SMILES string of the molecule is CC(C)CC/C=C/C(F)(F)F. The fourth-order valence-electron chi connectivity index (χ4n) is 0.647. The summed E-state index contributed by atoms with van der Waals surface area (Å²) in [7, 11) is 0. The summed E-state index contributed by atoms with van der Waals surface area (Å²) in [6.45, 7) is 3.98. The highest BCUT2D eigenvalue weighted by atomic mass is 19.4. The smallest absolute Gasteiger partial charge is 0.167 e. The van der Waals surface area contributed by atoms with E-state index in [4.69, 9.17) is 0 Å². The van der Waals surface area contributed by atoms with E-state index in [1.54, 1.807) is 0 Å². The number of halogens is 3. The van der Waals surface area contributed by atoms with Crippen LogP contribution in [-0.4, -0.2) is 6.18 Å². The predicted molar refractivity (Wildman–Crippen MR) is 39.3 cm³/mol. The van der Waals surface area contributed by atoms with E-state index in [-0.39, 0.29) is 0 Å². The van der Waals surface area contributed by atoms with Gasteiger partial charge in [0.05, 0.1) is 0 Å². The molecule has 11 heavy (non-hydrogen) atoms. The molecule has 0 aromatic carbocycles. The zero-order valence-corrected chi connectivity index (χ0v) is 6.78. The average Bonchev–Trinajstić information content (AvgIpc) is 1.78. The highest BCUT2D eigenvalue weighted by Gasteiger charge is 2.21. The summed E-state index contributed by atoms with van der Waals surface area (Å²) in [4.78, 5) is 0. The van der Waals surface area contributed by atoms with Crippen molar-refractivity contribution in [2.45, 2.75) is 32.9 Å². The molecule has 0 aromatic heterocycles. The van der Waals surface area contributed by atoms with Crippen molar-refractivity contribution in [2.75, 3.05) is 0 Å². The van der Waals surface area contributed by atoms with Gasteiger partial charge in [-0.05, 0) is 18.8 Å². The zero-order valence-electron chi connectivity index (χ0n) is 6.78. The first kappa shape index (κ1) is 10.5. The van der Waals surface area contributed by atoms with Gasteiger partial charge in [-0.2, -0.15) is 13.2 Å². The molecule has 0 saturated heterocycles. The van der Waals surface area contributed by atoms with Crippen molar-refractivity contribution >= 4 is 0 Å². The molecule has 0 N–H and O–H groups in total. The molecule has 0 fully saturated rings. The molecule has 0 nitrogen and oxygen atoms in total. The molecule has 0 unspecified atom stereocenters. The molecule has 0 aromatic rings. The molecule has 0 bridgehead atoms. The second kappa shape index (κ2) is 4.42. The molecule has 66 valence electrons. The second-order valence-corrected chi connectivity index (χ2v) is 2.92. The minimum absolute atomic E-state index is 0.301. The summed E-state index contributed by atoms with van der Waals surface area (Å²) in [5.74, 6) is 0.466. The Kier molecular flexibility index (Phi) is 4.23. The second-order valence-electron chi connectivity index (χ2n) is 2.92. The van der Waals surface area contributed by atoms with E-state index in [2.05, 4.69) is 0 Å². The fraction of sp³-hybridized carbons (Fsp3) is 0.750. The number of hydrogen-bond acceptors (Lipinski definition) is 0. The Morgan fingerprint density at radius 2 is 1.82 bits per heavy atom. The average molecular weight is 166 g/mol. The lowest BCUT2D eigenvalue weighted by atomic mass is 10.1. The molecular weight excluding hydrogens is 153 g/mol. The van der Waals surface area contributed by atoms with Crippen molar-refractivity contribution in [2.24, 2.45) is 5.92 Å². The largest absolute Gasteiger partial charge is 0.409 e. The first-order valence-electron chi connectivity index (χ1n) is 3.66. The number of rotatable bonds is 3. The molecule has 0 spiro atoms. The molecule has 0 saturated carbocycles. The van der Waals surface area contributed by atoms with Crippen molar-refractivity contribution in [1.29, 1.82) is 0 Å². The maximum absolute atomic E-state index is 11.5. The first-order chi connectivity index (χ1) is 4.92. The Morgan fingerprint density at radius 3 is 2.18 bits per heavy atom. The molecule has 0 aliphatic heterocycles. The molecule has 0 heterocycles. The summed E-state index contributed by atoms with van der Waals surface area (Å²) in [6, 6.07) is 0. The lowest BCUT2D eigenvalue weighted by molar-refractivity contribution is -0.0800. The summed E-state index contributed by atoms with van der Waals surface area (Å²) < 4.78 is 34.5. The van der Waals surface area contributed by atoms with Crippen LogP contribution in [0.1, 0.15) is 26.7 Å². The molecule has 0 rings (SSSR count). The van der Waals surface area contributed by atoms with Gasteiger partial charge < -0.3 is 0 Å². The topological polar surface area (TPSA) is 0 Å². The van der Waals surface area contributed by atoms with Crippen LogP contribution in [0.4, 0.5) is 13.2 Å². The minimum atomic E-state index is -4.14. The molecule has 0 amide bonds. The van der Waals surface area contributed by atoms with Crippen LogP contribution in [0.25, 0.3) is 0 Å². The van der Waals surface area contributed by atoms with E-state index in [1.807, 2.05) is 13.8 Å². The maximum Gasteiger partial charge on any atom is 0.409 e. The van der Waals surface area contributed by atoms with Crippen LogP contribution >= 0.6 is 0 Å². The third kappa shape index (κ3) is 9.53. The standard InChI is InChI=1S/C8H13F3/c1-7(2)5-3-4-6-8(9,10)11/h4,6-7H,3,5H2,1-2H3/b6-4+. The van der Waals surface area contributed by atoms with Gasteiger partial charge in [0, 0.05) is 6.08 Å². The predicted octanol–water partition coefficient (Wildman–Crippen LogP) is 3.54. The Balaban J connectivity index is 3.46. The van der Waals surface area contributed by atoms with Crippen molar-refractivity contribution < 1.29 is 13.2 Å². The summed E-state index contributed by atoms with van der Waals surface area (Å²) in [5.41, 5.74) is 0. The van der Waals surface area contributed by atoms with Crippen molar-refractivity contribution in [3.8, 4) is 0 Å². The van der Waals surface area contributed by atoms with Crippen molar-refractivity contribution in [1.82, 2.24) is 0 Å². The summed E-state index contributed by atoms with van der Waals surface area (Å²) in [6.07, 6.45) is -1.34. The van der Waals surface area contributed by atoms with Gasteiger partial charge in [0.2, 0.25) is 0 Å². The molecule has 0 aliphatic carbocycles. The van der Waals surface area contributed by atoms with Crippen LogP contribution in [0.15, 0.2) is 12.2 Å². The van der Waals surface area contributed by atoms with E-state index in [0.717, 1.165) is 6.42 Å². The maximum atomic E-state index is 11.5. The molecular formula is C8H13F3. The van der Waals surface area contributed by atoms with Gasteiger partial charge in [0.1, 0.15) is 0 Å². The Hall–Kier alpha value is -0.470. The van der Waals surface area contributed by atoms with Gasteiger partial charge in [0.25, 0.3) is 0 Å². The van der Waals surface area contributed by atoms with Crippen LogP contribution in [0.3, 0.4) is 0 Å². The van der Waals surface area contributed by atoms with Crippen LogP contribution in [0.2, 0.25) is 0 Å². The molecule has 0 aliphatic rings. The summed E-state index contributed by atoms with van der Waals surface area (Å²) in [5, 5.41) is 0. The lowest BCUT2D eigenvalue weighted by Gasteiger charge is -2.00. The number of alkyl halides is 3. The Bertz CT molecular complexity index is 122. The van der Waals surface area contributed by atoms with E-state index in [9.17, 15) is 13.2 Å². The normalized spacial score (nSPS) is 13.3. The Morgan fingerprint density at radius 1 is 1.27 bits per heavy atom. The van der Waals surface area contributed by atoms with Gasteiger partial charge in [-0.15, -0.1) is 0 Å². The van der Waals surface area contributed by atoms with E-state index >= 15 is 0 Å². The van der Waals surface area contributed by atoms with Gasteiger partial charge in [-0.3, -0.25) is 0 Å². The lowest BCUT2D eigenvalue weighted by Crippen LogP contribution is -2.00. The minimum Gasteiger partial charge on any atom is -0.167 e. The van der Waals surface area contributed by atoms with Crippen molar-refractivity contribution in [3.05, 3.63) is 12.2 Å². The van der Waals surface area contributed by atoms with Crippen LogP contribution in [0.5, 0.6) is 0 Å². The van der Waals surface area contributed by atoms with Crippen LogP contribution < -0.4 is 0 Å². The van der Waals surface area contributed by atoms with Gasteiger partial charge in [0.15, 0.2) is 0 Å². The summed E-state index contributed by atoms with van der Waals surface area (Å²) >= 11 is 0.